The van der Waals surface area contributed by atoms with Gasteiger partial charge in [0.2, 0.25) is 0 Å². The van der Waals surface area contributed by atoms with Crippen molar-refractivity contribution in [2.45, 2.75) is 65.5 Å². The fraction of sp³-hybridized carbons (Fsp3) is 0.647. The Morgan fingerprint density at radius 2 is 1.72 bits per heavy atom. The molecule has 0 radical (unpaired) electrons. The first-order valence-electron chi connectivity index (χ1n) is 7.41. The molecule has 2 rings (SSSR count). The van der Waals surface area contributed by atoms with Crippen LogP contribution in [-0.4, -0.2) is 6.04 Å². The summed E-state index contributed by atoms with van der Waals surface area (Å²) in [6.07, 6.45) is 5.67. The van der Waals surface area contributed by atoms with Crippen molar-refractivity contribution >= 4 is 0 Å². The van der Waals surface area contributed by atoms with Crippen LogP contribution in [-0.2, 0) is 0 Å². The van der Waals surface area contributed by atoms with E-state index in [9.17, 15) is 0 Å². The molecule has 1 heteroatoms. The third kappa shape index (κ3) is 3.14. The maximum absolute atomic E-state index is 3.78. The van der Waals surface area contributed by atoms with Gasteiger partial charge in [0, 0.05) is 12.1 Å². The molecule has 0 amide bonds. The average Bonchev–Trinajstić information content (AvgIpc) is 2.86. The van der Waals surface area contributed by atoms with Crippen molar-refractivity contribution in [3.8, 4) is 0 Å². The van der Waals surface area contributed by atoms with E-state index in [1.54, 1.807) is 0 Å². The van der Waals surface area contributed by atoms with Crippen molar-refractivity contribution in [1.29, 1.82) is 0 Å². The Morgan fingerprint density at radius 1 is 1.06 bits per heavy atom. The molecular weight excluding hydrogens is 218 g/mol. The van der Waals surface area contributed by atoms with Crippen molar-refractivity contribution < 1.29 is 0 Å². The van der Waals surface area contributed by atoms with E-state index in [-0.39, 0.29) is 0 Å². The second kappa shape index (κ2) is 5.88. The highest BCUT2D eigenvalue weighted by atomic mass is 14.9. The lowest BCUT2D eigenvalue weighted by Gasteiger charge is -2.25. The lowest BCUT2D eigenvalue weighted by molar-refractivity contribution is 0.352. The zero-order valence-corrected chi connectivity index (χ0v) is 12.3. The molecule has 18 heavy (non-hydrogen) atoms. The third-order valence-corrected chi connectivity index (χ3v) is 4.65. The molecule has 0 spiro atoms. The Labute approximate surface area is 112 Å². The molecule has 0 aliphatic heterocycles. The van der Waals surface area contributed by atoms with Crippen molar-refractivity contribution in [1.82, 2.24) is 5.32 Å². The summed E-state index contributed by atoms with van der Waals surface area (Å²) in [4.78, 5) is 0. The van der Waals surface area contributed by atoms with Gasteiger partial charge in [0.1, 0.15) is 0 Å². The number of nitrogens with one attached hydrogen (secondary N) is 1. The van der Waals surface area contributed by atoms with E-state index in [1.165, 1.54) is 42.4 Å². The smallest absolute Gasteiger partial charge is 0.0294 e. The molecule has 1 fully saturated rings. The molecule has 0 saturated heterocycles. The van der Waals surface area contributed by atoms with Gasteiger partial charge < -0.3 is 5.32 Å². The second-order valence-electron chi connectivity index (χ2n) is 6.07. The quantitative estimate of drug-likeness (QED) is 0.821. The molecule has 0 bridgehead atoms. The Kier molecular flexibility index (Phi) is 4.45. The highest BCUT2D eigenvalue weighted by Crippen LogP contribution is 2.29. The minimum Gasteiger partial charge on any atom is -0.307 e. The predicted molar refractivity (Wildman–Crippen MR) is 78.9 cm³/mol. The van der Waals surface area contributed by atoms with Crippen molar-refractivity contribution in [3.63, 3.8) is 0 Å². The van der Waals surface area contributed by atoms with E-state index in [4.69, 9.17) is 0 Å². The van der Waals surface area contributed by atoms with Gasteiger partial charge in [-0.1, -0.05) is 31.0 Å². The molecule has 1 N–H and O–H groups in total. The molecule has 1 aliphatic rings. The average molecular weight is 245 g/mol. The standard InChI is InChI=1S/C17H27N/c1-12-9-10-17(11-13(12)2)15(4)18-14(3)16-7-5-6-8-16/h9-11,14-16,18H,5-8H2,1-4H3/t14-,15?/m1/s1. The molecule has 2 atom stereocenters. The molecule has 1 saturated carbocycles. The minimum absolute atomic E-state index is 0.458. The van der Waals surface area contributed by atoms with Crippen molar-refractivity contribution in [2.75, 3.05) is 0 Å². The third-order valence-electron chi connectivity index (χ3n) is 4.65. The number of benzene rings is 1. The molecule has 1 aromatic rings. The summed E-state index contributed by atoms with van der Waals surface area (Å²) in [5.41, 5.74) is 4.20. The molecule has 0 aromatic heterocycles. The molecule has 0 heterocycles. The Bertz CT molecular complexity index is 391. The number of hydrogen-bond acceptors (Lipinski definition) is 1. The van der Waals surface area contributed by atoms with E-state index in [1.807, 2.05) is 0 Å². The largest absolute Gasteiger partial charge is 0.307 e. The van der Waals surface area contributed by atoms with E-state index in [0.29, 0.717) is 12.1 Å². The molecule has 1 aliphatic carbocycles. The van der Waals surface area contributed by atoms with Crippen molar-refractivity contribution in [3.05, 3.63) is 34.9 Å². The van der Waals surface area contributed by atoms with E-state index in [0.717, 1.165) is 5.92 Å². The van der Waals surface area contributed by atoms with Gasteiger partial charge in [-0.15, -0.1) is 0 Å². The van der Waals surface area contributed by atoms with Crippen molar-refractivity contribution in [2.24, 2.45) is 5.92 Å². The summed E-state index contributed by atoms with van der Waals surface area (Å²) in [6, 6.07) is 7.93. The Hall–Kier alpha value is -0.820. The normalized spacial score (nSPS) is 20.0. The zero-order chi connectivity index (χ0) is 13.1. The van der Waals surface area contributed by atoms with Crippen LogP contribution < -0.4 is 5.32 Å². The highest BCUT2D eigenvalue weighted by Gasteiger charge is 2.22. The monoisotopic (exact) mass is 245 g/mol. The first kappa shape index (κ1) is 13.6. The lowest BCUT2D eigenvalue weighted by atomic mass is 9.97. The van der Waals surface area contributed by atoms with Crippen LogP contribution in [0.2, 0.25) is 0 Å². The lowest BCUT2D eigenvalue weighted by Crippen LogP contribution is -2.34. The highest BCUT2D eigenvalue weighted by molar-refractivity contribution is 5.31. The topological polar surface area (TPSA) is 12.0 Å². The maximum Gasteiger partial charge on any atom is 0.0294 e. The van der Waals surface area contributed by atoms with Gasteiger partial charge in [0.25, 0.3) is 0 Å². The maximum atomic E-state index is 3.78. The van der Waals surface area contributed by atoms with Crippen LogP contribution in [0.5, 0.6) is 0 Å². The van der Waals surface area contributed by atoms with Crippen LogP contribution in [0.25, 0.3) is 0 Å². The first-order valence-corrected chi connectivity index (χ1v) is 7.41. The van der Waals surface area contributed by atoms with Gasteiger partial charge in [0.15, 0.2) is 0 Å². The van der Waals surface area contributed by atoms with Crippen LogP contribution in [0, 0.1) is 19.8 Å². The number of hydrogen-bond donors (Lipinski definition) is 1. The fourth-order valence-corrected chi connectivity index (χ4v) is 3.12. The van der Waals surface area contributed by atoms with Crippen LogP contribution in [0.3, 0.4) is 0 Å². The van der Waals surface area contributed by atoms with Crippen LogP contribution >= 0.6 is 0 Å². The minimum atomic E-state index is 0.458. The fourth-order valence-electron chi connectivity index (χ4n) is 3.12. The predicted octanol–water partition coefficient (Wildman–Crippen LogP) is 4.53. The number of rotatable bonds is 4. The Balaban J connectivity index is 1.97. The molecule has 1 nitrogen and oxygen atoms in total. The summed E-state index contributed by atoms with van der Waals surface area (Å²) in [7, 11) is 0. The van der Waals surface area contributed by atoms with E-state index >= 15 is 0 Å². The van der Waals surface area contributed by atoms with Crippen LogP contribution in [0.1, 0.15) is 62.3 Å². The number of aryl methyl sites for hydroxylation is 2. The molecule has 100 valence electrons. The zero-order valence-electron chi connectivity index (χ0n) is 12.3. The van der Waals surface area contributed by atoms with Crippen LogP contribution in [0.4, 0.5) is 0 Å². The van der Waals surface area contributed by atoms with E-state index in [2.05, 4.69) is 51.2 Å². The first-order chi connectivity index (χ1) is 8.58. The second-order valence-corrected chi connectivity index (χ2v) is 6.07. The Morgan fingerprint density at radius 3 is 2.33 bits per heavy atom. The van der Waals surface area contributed by atoms with Gasteiger partial charge in [-0.05, 0) is 63.1 Å². The van der Waals surface area contributed by atoms with Gasteiger partial charge in [-0.2, -0.15) is 0 Å². The summed E-state index contributed by atoms with van der Waals surface area (Å²) >= 11 is 0. The summed E-state index contributed by atoms with van der Waals surface area (Å²) < 4.78 is 0. The summed E-state index contributed by atoms with van der Waals surface area (Å²) in [5.74, 6) is 0.888. The van der Waals surface area contributed by atoms with Crippen LogP contribution in [0.15, 0.2) is 18.2 Å². The van der Waals surface area contributed by atoms with E-state index < -0.39 is 0 Å². The van der Waals surface area contributed by atoms with Gasteiger partial charge in [0.05, 0.1) is 0 Å². The van der Waals surface area contributed by atoms with Gasteiger partial charge >= 0.3 is 0 Å². The van der Waals surface area contributed by atoms with Gasteiger partial charge in [-0.3, -0.25) is 0 Å². The molecule has 1 aromatic carbocycles. The SMILES string of the molecule is Cc1ccc(C(C)N[C@H](C)C2CCCC2)cc1C. The van der Waals surface area contributed by atoms with Gasteiger partial charge in [-0.25, -0.2) is 0 Å². The summed E-state index contributed by atoms with van der Waals surface area (Å²) in [6.45, 7) is 9.02. The summed E-state index contributed by atoms with van der Waals surface area (Å²) in [5, 5.41) is 3.78. The molecule has 1 unspecified atom stereocenters. The molecular formula is C17H27N.